The van der Waals surface area contributed by atoms with E-state index in [4.69, 9.17) is 4.74 Å². The third kappa shape index (κ3) is 4.60. The summed E-state index contributed by atoms with van der Waals surface area (Å²) in [4.78, 5) is 55.0. The normalized spacial score (nSPS) is 14.5. The molecule has 2 aromatic carbocycles. The molecule has 0 saturated heterocycles. The SMILES string of the molecule is C=C(NC(=O)C(=C)N1Cc2c(cccc2-c2ccc3c(c2)OCC(=O)N3C)C1=O)C(=O)N(C)C(C)(C)C. The van der Waals surface area contributed by atoms with Gasteiger partial charge in [0.25, 0.3) is 23.6 Å². The van der Waals surface area contributed by atoms with E-state index in [1.165, 1.54) is 9.80 Å². The second-order valence-electron chi connectivity index (χ2n) is 10.1. The van der Waals surface area contributed by atoms with E-state index < -0.39 is 17.4 Å². The fourth-order valence-corrected chi connectivity index (χ4v) is 4.16. The first-order valence-electron chi connectivity index (χ1n) is 11.8. The lowest BCUT2D eigenvalue weighted by Gasteiger charge is -2.32. The molecule has 0 bridgehead atoms. The van der Waals surface area contributed by atoms with Gasteiger partial charge in [0, 0.05) is 25.2 Å². The van der Waals surface area contributed by atoms with Crippen LogP contribution in [0.5, 0.6) is 5.75 Å². The van der Waals surface area contributed by atoms with Crippen molar-refractivity contribution in [2.75, 3.05) is 25.6 Å². The van der Waals surface area contributed by atoms with Crippen LogP contribution in [-0.4, -0.2) is 59.7 Å². The summed E-state index contributed by atoms with van der Waals surface area (Å²) >= 11 is 0. The van der Waals surface area contributed by atoms with E-state index in [0.29, 0.717) is 17.0 Å². The molecule has 0 radical (unpaired) electrons. The average Bonchev–Trinajstić information content (AvgIpc) is 3.20. The van der Waals surface area contributed by atoms with Gasteiger partial charge in [-0.2, -0.15) is 0 Å². The molecule has 9 heteroatoms. The van der Waals surface area contributed by atoms with Crippen molar-refractivity contribution in [2.45, 2.75) is 32.9 Å². The number of carbonyl (C=O) groups is 4. The van der Waals surface area contributed by atoms with Crippen molar-refractivity contribution in [3.63, 3.8) is 0 Å². The van der Waals surface area contributed by atoms with E-state index in [-0.39, 0.29) is 36.4 Å². The van der Waals surface area contributed by atoms with Gasteiger partial charge in [-0.25, -0.2) is 0 Å². The van der Waals surface area contributed by atoms with Gasteiger partial charge in [0.1, 0.15) is 11.4 Å². The molecule has 0 fully saturated rings. The van der Waals surface area contributed by atoms with Crippen LogP contribution in [0, 0.1) is 0 Å². The van der Waals surface area contributed by atoms with Crippen molar-refractivity contribution in [2.24, 2.45) is 0 Å². The lowest BCUT2D eigenvalue weighted by Crippen LogP contribution is -2.46. The fraction of sp³-hybridized carbons (Fsp3) is 0.286. The van der Waals surface area contributed by atoms with E-state index in [1.807, 2.05) is 39.0 Å². The van der Waals surface area contributed by atoms with Crippen molar-refractivity contribution in [1.82, 2.24) is 15.1 Å². The third-order valence-corrected chi connectivity index (χ3v) is 6.75. The summed E-state index contributed by atoms with van der Waals surface area (Å²) in [6.45, 7) is 13.2. The molecule has 2 aromatic rings. The van der Waals surface area contributed by atoms with Gasteiger partial charge >= 0.3 is 0 Å². The van der Waals surface area contributed by atoms with Crippen molar-refractivity contribution in [3.05, 3.63) is 72.1 Å². The van der Waals surface area contributed by atoms with Crippen LogP contribution in [-0.2, 0) is 20.9 Å². The molecule has 4 rings (SSSR count). The second-order valence-corrected chi connectivity index (χ2v) is 10.1. The predicted molar refractivity (Wildman–Crippen MR) is 140 cm³/mol. The molecule has 2 heterocycles. The molecule has 192 valence electrons. The Morgan fingerprint density at radius 3 is 2.43 bits per heavy atom. The Labute approximate surface area is 216 Å². The van der Waals surface area contributed by atoms with Crippen LogP contribution in [0.1, 0.15) is 36.7 Å². The van der Waals surface area contributed by atoms with Crippen LogP contribution in [0.2, 0.25) is 0 Å². The molecule has 2 aliphatic rings. The molecule has 0 aromatic heterocycles. The first-order valence-corrected chi connectivity index (χ1v) is 11.8. The van der Waals surface area contributed by atoms with Crippen LogP contribution in [0.3, 0.4) is 0 Å². The second kappa shape index (κ2) is 9.24. The largest absolute Gasteiger partial charge is 0.482 e. The first-order chi connectivity index (χ1) is 17.3. The summed E-state index contributed by atoms with van der Waals surface area (Å²) in [5.41, 5.74) is 2.83. The van der Waals surface area contributed by atoms with Crippen LogP contribution in [0.25, 0.3) is 11.1 Å². The molecule has 2 aliphatic heterocycles. The van der Waals surface area contributed by atoms with Gasteiger partial charge in [-0.1, -0.05) is 31.4 Å². The number of nitrogens with zero attached hydrogens (tertiary/aromatic N) is 3. The number of hydrogen-bond acceptors (Lipinski definition) is 5. The highest BCUT2D eigenvalue weighted by atomic mass is 16.5. The summed E-state index contributed by atoms with van der Waals surface area (Å²) in [6, 6.07) is 10.9. The summed E-state index contributed by atoms with van der Waals surface area (Å²) in [5.74, 6) is -1.04. The minimum atomic E-state index is -0.682. The Balaban J connectivity index is 1.55. The summed E-state index contributed by atoms with van der Waals surface area (Å²) < 4.78 is 5.62. The van der Waals surface area contributed by atoms with Crippen LogP contribution >= 0.6 is 0 Å². The molecule has 1 N–H and O–H groups in total. The highest BCUT2D eigenvalue weighted by molar-refractivity contribution is 6.08. The number of amides is 4. The summed E-state index contributed by atoms with van der Waals surface area (Å²) in [5, 5.41) is 2.48. The average molecular weight is 503 g/mol. The van der Waals surface area contributed by atoms with E-state index in [2.05, 4.69) is 18.5 Å². The smallest absolute Gasteiger partial charge is 0.271 e. The number of anilines is 1. The molecule has 0 spiro atoms. The van der Waals surface area contributed by atoms with E-state index in [9.17, 15) is 19.2 Å². The Morgan fingerprint density at radius 1 is 1.08 bits per heavy atom. The van der Waals surface area contributed by atoms with E-state index in [0.717, 1.165) is 16.7 Å². The molecule has 0 saturated carbocycles. The third-order valence-electron chi connectivity index (χ3n) is 6.75. The van der Waals surface area contributed by atoms with Gasteiger partial charge in [-0.15, -0.1) is 0 Å². The van der Waals surface area contributed by atoms with Crippen LogP contribution in [0.15, 0.2) is 61.0 Å². The Hall–Kier alpha value is -4.40. The number of carbonyl (C=O) groups excluding carboxylic acids is 4. The summed E-state index contributed by atoms with van der Waals surface area (Å²) in [7, 11) is 3.32. The number of nitrogens with one attached hydrogen (secondary N) is 1. The van der Waals surface area contributed by atoms with Crippen LogP contribution < -0.4 is 15.0 Å². The van der Waals surface area contributed by atoms with Crippen molar-refractivity contribution in [3.8, 4) is 16.9 Å². The lowest BCUT2D eigenvalue weighted by molar-refractivity contribution is -0.131. The van der Waals surface area contributed by atoms with Gasteiger partial charge in [-0.05, 0) is 55.7 Å². The Morgan fingerprint density at radius 2 is 1.76 bits per heavy atom. The number of rotatable bonds is 5. The van der Waals surface area contributed by atoms with Gasteiger partial charge in [0.05, 0.1) is 17.9 Å². The summed E-state index contributed by atoms with van der Waals surface area (Å²) in [6.07, 6.45) is 0. The zero-order chi connectivity index (χ0) is 27.2. The van der Waals surface area contributed by atoms with E-state index >= 15 is 0 Å². The Bertz CT molecular complexity index is 1370. The maximum atomic E-state index is 13.2. The van der Waals surface area contributed by atoms with Gasteiger partial charge in [0.15, 0.2) is 6.61 Å². The first kappa shape index (κ1) is 25.7. The topological polar surface area (TPSA) is 99.3 Å². The number of hydrogen-bond donors (Lipinski definition) is 1. The van der Waals surface area contributed by atoms with Crippen molar-refractivity contribution in [1.29, 1.82) is 0 Å². The zero-order valence-electron chi connectivity index (χ0n) is 21.7. The highest BCUT2D eigenvalue weighted by Gasteiger charge is 2.34. The van der Waals surface area contributed by atoms with Gasteiger partial charge < -0.3 is 19.9 Å². The quantitative estimate of drug-likeness (QED) is 0.634. The van der Waals surface area contributed by atoms with Crippen molar-refractivity contribution >= 4 is 29.3 Å². The van der Waals surface area contributed by atoms with E-state index in [1.54, 1.807) is 37.2 Å². The fourth-order valence-electron chi connectivity index (χ4n) is 4.16. The molecule has 4 amide bonds. The number of likely N-dealkylation sites (N-methyl/N-ethyl adjacent to an activating group) is 2. The van der Waals surface area contributed by atoms with Crippen molar-refractivity contribution < 1.29 is 23.9 Å². The highest BCUT2D eigenvalue weighted by Crippen LogP contribution is 2.39. The van der Waals surface area contributed by atoms with Gasteiger partial charge in [-0.3, -0.25) is 24.1 Å². The molecule has 0 unspecified atom stereocenters. The molecular weight excluding hydrogens is 472 g/mol. The number of fused-ring (bicyclic) bond motifs is 2. The maximum Gasteiger partial charge on any atom is 0.271 e. The van der Waals surface area contributed by atoms with Crippen LogP contribution in [0.4, 0.5) is 5.69 Å². The number of benzene rings is 2. The minimum absolute atomic E-state index is 0.0413. The molecule has 9 nitrogen and oxygen atoms in total. The lowest BCUT2D eigenvalue weighted by atomic mass is 9.96. The monoisotopic (exact) mass is 502 g/mol. The molecule has 0 aliphatic carbocycles. The zero-order valence-corrected chi connectivity index (χ0v) is 21.7. The Kier molecular flexibility index (Phi) is 6.41. The molecule has 0 atom stereocenters. The minimum Gasteiger partial charge on any atom is -0.482 e. The molecule has 37 heavy (non-hydrogen) atoms. The molecular formula is C28H30N4O5. The predicted octanol–water partition coefficient (Wildman–Crippen LogP) is 3.07. The van der Waals surface area contributed by atoms with Gasteiger partial charge in [0.2, 0.25) is 0 Å². The standard InChI is InChI=1S/C28H30N4O5/c1-16(26(35)31(7)28(3,4)5)29-25(34)17(2)32-14-21-19(9-8-10-20(21)27(32)36)18-11-12-22-23(13-18)37-15-24(33)30(22)6/h8-13H,1-2,14-15H2,3-7H3,(H,29,34). The maximum absolute atomic E-state index is 13.2. The number of ether oxygens (including phenoxy) is 1.